The lowest BCUT2D eigenvalue weighted by Gasteiger charge is -2.28. The van der Waals surface area contributed by atoms with Crippen LogP contribution in [0, 0.1) is 6.92 Å². The van der Waals surface area contributed by atoms with Gasteiger partial charge in [-0.25, -0.2) is 13.1 Å². The monoisotopic (exact) mass is 495 g/mol. The predicted molar refractivity (Wildman–Crippen MR) is 134 cm³/mol. The topological polar surface area (TPSA) is 95.6 Å². The van der Waals surface area contributed by atoms with Gasteiger partial charge in [-0.2, -0.15) is 0 Å². The van der Waals surface area contributed by atoms with E-state index in [2.05, 4.69) is 28.1 Å². The Kier molecular flexibility index (Phi) is 6.97. The van der Waals surface area contributed by atoms with Gasteiger partial charge in [-0.15, -0.1) is 17.9 Å². The largest absolute Gasteiger partial charge is 0.334 e. The van der Waals surface area contributed by atoms with Gasteiger partial charge in [0.1, 0.15) is 0 Å². The van der Waals surface area contributed by atoms with Crippen molar-refractivity contribution >= 4 is 38.9 Å². The van der Waals surface area contributed by atoms with Crippen LogP contribution in [0.4, 0.5) is 5.69 Å². The van der Waals surface area contributed by atoms with Crippen LogP contribution in [-0.2, 0) is 23.0 Å². The number of hydrogen-bond acceptors (Lipinski definition) is 5. The third kappa shape index (κ3) is 4.96. The summed E-state index contributed by atoms with van der Waals surface area (Å²) in [5.74, 6) is -0.541. The van der Waals surface area contributed by atoms with Crippen LogP contribution in [-0.4, -0.2) is 38.2 Å². The fraction of sp³-hybridized carbons (Fsp3) is 0.200. The van der Waals surface area contributed by atoms with E-state index in [0.717, 1.165) is 6.42 Å². The molecule has 2 amide bonds. The maximum atomic E-state index is 13.2. The zero-order valence-electron chi connectivity index (χ0n) is 18.7. The Morgan fingerprint density at radius 1 is 1.18 bits per heavy atom. The molecule has 176 valence electrons. The number of fused-ring (bicyclic) bond motifs is 1. The average molecular weight is 496 g/mol. The Labute approximate surface area is 203 Å². The average Bonchev–Trinajstić information content (AvgIpc) is 3.32. The molecule has 0 spiro atoms. The highest BCUT2D eigenvalue weighted by Gasteiger charge is 2.24. The van der Waals surface area contributed by atoms with Crippen LogP contribution in [0.5, 0.6) is 0 Å². The van der Waals surface area contributed by atoms with E-state index in [4.69, 9.17) is 0 Å². The molecular formula is C25H25N3O4S2. The van der Waals surface area contributed by atoms with Crippen molar-refractivity contribution in [3.8, 4) is 0 Å². The van der Waals surface area contributed by atoms with Crippen molar-refractivity contribution in [2.24, 2.45) is 0 Å². The van der Waals surface area contributed by atoms with Crippen LogP contribution < -0.4 is 10.0 Å². The smallest absolute Gasteiger partial charge is 0.255 e. The number of thiophene rings is 1. The zero-order chi connectivity index (χ0) is 24.3. The lowest BCUT2D eigenvalue weighted by Crippen LogP contribution is -2.35. The first-order valence-corrected chi connectivity index (χ1v) is 13.1. The third-order valence-electron chi connectivity index (χ3n) is 5.73. The first-order valence-electron chi connectivity index (χ1n) is 10.8. The number of benzene rings is 2. The molecule has 0 fully saturated rings. The van der Waals surface area contributed by atoms with Gasteiger partial charge in [0.05, 0.1) is 4.90 Å². The lowest BCUT2D eigenvalue weighted by atomic mass is 10.0. The van der Waals surface area contributed by atoms with Crippen molar-refractivity contribution < 1.29 is 18.0 Å². The summed E-state index contributed by atoms with van der Waals surface area (Å²) in [4.78, 5) is 29.3. The van der Waals surface area contributed by atoms with Crippen molar-refractivity contribution in [1.29, 1.82) is 0 Å². The van der Waals surface area contributed by atoms with Crippen LogP contribution >= 0.6 is 11.3 Å². The second-order valence-corrected chi connectivity index (χ2v) is 10.7. The Morgan fingerprint density at radius 2 is 1.97 bits per heavy atom. The van der Waals surface area contributed by atoms with Crippen molar-refractivity contribution in [2.45, 2.75) is 24.8 Å². The molecule has 9 heteroatoms. The summed E-state index contributed by atoms with van der Waals surface area (Å²) >= 11 is 1.72. The van der Waals surface area contributed by atoms with Crippen LogP contribution in [0.2, 0.25) is 0 Å². The van der Waals surface area contributed by atoms with Gasteiger partial charge < -0.3 is 10.2 Å². The van der Waals surface area contributed by atoms with Crippen LogP contribution in [0.25, 0.3) is 0 Å². The maximum absolute atomic E-state index is 13.2. The van der Waals surface area contributed by atoms with Crippen molar-refractivity contribution in [3.63, 3.8) is 0 Å². The van der Waals surface area contributed by atoms with Gasteiger partial charge in [-0.05, 0) is 66.2 Å². The minimum atomic E-state index is -3.76. The third-order valence-corrected chi connectivity index (χ3v) is 8.18. The van der Waals surface area contributed by atoms with Gasteiger partial charge in [0, 0.05) is 41.3 Å². The molecule has 0 atom stereocenters. The molecule has 1 aromatic heterocycles. The maximum Gasteiger partial charge on any atom is 0.255 e. The lowest BCUT2D eigenvalue weighted by molar-refractivity contribution is 0.0735. The highest BCUT2D eigenvalue weighted by molar-refractivity contribution is 7.89. The molecule has 4 rings (SSSR count). The normalized spacial score (nSPS) is 13.3. The molecule has 2 N–H and O–H groups in total. The summed E-state index contributed by atoms with van der Waals surface area (Å²) in [7, 11) is -3.76. The van der Waals surface area contributed by atoms with Gasteiger partial charge in [0.25, 0.3) is 11.8 Å². The summed E-state index contributed by atoms with van der Waals surface area (Å²) in [5.41, 5.74) is 3.07. The van der Waals surface area contributed by atoms with E-state index < -0.39 is 15.9 Å². The SMILES string of the molecule is C=CCNS(=O)(=O)c1cccc(C(=O)Nc2cccc(C(=O)N3CCc4sccc4C3)c2C)c1. The Morgan fingerprint density at radius 3 is 2.76 bits per heavy atom. The number of rotatable bonds is 7. The van der Waals surface area contributed by atoms with E-state index in [-0.39, 0.29) is 22.9 Å². The highest BCUT2D eigenvalue weighted by atomic mass is 32.2. The second-order valence-electron chi connectivity index (χ2n) is 7.95. The summed E-state index contributed by atoms with van der Waals surface area (Å²) in [6.07, 6.45) is 2.28. The molecule has 0 saturated heterocycles. The van der Waals surface area contributed by atoms with Gasteiger partial charge in [0.15, 0.2) is 0 Å². The van der Waals surface area contributed by atoms with E-state index in [1.807, 2.05) is 4.90 Å². The molecule has 0 bridgehead atoms. The standard InChI is InChI=1S/C25H25N3O4S2/c1-3-12-26-34(31,32)20-7-4-6-18(15-20)24(29)27-22-9-5-8-21(17(22)2)25(30)28-13-10-23-19(16-28)11-14-33-23/h3-9,11,14-15,26H,1,10,12-13,16H2,2H3,(H,27,29). The van der Waals surface area contributed by atoms with Gasteiger partial charge in [-0.3, -0.25) is 9.59 Å². The summed E-state index contributed by atoms with van der Waals surface area (Å²) < 4.78 is 27.1. The quantitative estimate of drug-likeness (QED) is 0.485. The first kappa shape index (κ1) is 23.9. The molecule has 34 heavy (non-hydrogen) atoms. The van der Waals surface area contributed by atoms with Crippen LogP contribution in [0.3, 0.4) is 0 Å². The molecule has 0 radical (unpaired) electrons. The number of anilines is 1. The van der Waals surface area contributed by atoms with Crippen LogP contribution in [0.15, 0.2) is 71.5 Å². The van der Waals surface area contributed by atoms with Gasteiger partial charge in [-0.1, -0.05) is 18.2 Å². The number of hydrogen-bond donors (Lipinski definition) is 2. The molecule has 1 aliphatic heterocycles. The fourth-order valence-electron chi connectivity index (χ4n) is 3.85. The number of amides is 2. The molecule has 3 aromatic rings. The molecule has 1 aliphatic rings. The molecular weight excluding hydrogens is 470 g/mol. The number of nitrogens with zero attached hydrogens (tertiary/aromatic N) is 1. The van der Waals surface area contributed by atoms with Crippen LogP contribution in [0.1, 0.15) is 36.7 Å². The van der Waals surface area contributed by atoms with Crippen molar-refractivity contribution in [2.75, 3.05) is 18.4 Å². The van der Waals surface area contributed by atoms with E-state index in [0.29, 0.717) is 29.9 Å². The summed E-state index contributed by atoms with van der Waals surface area (Å²) in [6, 6.07) is 13.1. The second kappa shape index (κ2) is 9.92. The Balaban J connectivity index is 1.53. The highest BCUT2D eigenvalue weighted by Crippen LogP contribution is 2.27. The number of sulfonamides is 1. The molecule has 0 saturated carbocycles. The summed E-state index contributed by atoms with van der Waals surface area (Å²) in [5, 5.41) is 4.87. The zero-order valence-corrected chi connectivity index (χ0v) is 20.3. The molecule has 0 aliphatic carbocycles. The number of nitrogens with one attached hydrogen (secondary N) is 2. The van der Waals surface area contributed by atoms with Crippen molar-refractivity contribution in [3.05, 3.63) is 93.7 Å². The van der Waals surface area contributed by atoms with Gasteiger partial charge in [0.2, 0.25) is 10.0 Å². The van der Waals surface area contributed by atoms with Gasteiger partial charge >= 0.3 is 0 Å². The minimum Gasteiger partial charge on any atom is -0.334 e. The molecule has 2 aromatic carbocycles. The van der Waals surface area contributed by atoms with E-state index in [1.54, 1.807) is 42.5 Å². The molecule has 0 unspecified atom stereocenters. The number of carbonyl (C=O) groups is 2. The molecule has 7 nitrogen and oxygen atoms in total. The summed E-state index contributed by atoms with van der Waals surface area (Å²) in [6.45, 7) is 6.61. The predicted octanol–water partition coefficient (Wildman–Crippen LogP) is 3.97. The van der Waals surface area contributed by atoms with Crippen molar-refractivity contribution in [1.82, 2.24) is 9.62 Å². The number of carbonyl (C=O) groups excluding carboxylic acids is 2. The van der Waals surface area contributed by atoms with E-state index >= 15 is 0 Å². The van der Waals surface area contributed by atoms with E-state index in [1.165, 1.54) is 34.7 Å². The first-order chi connectivity index (χ1) is 16.3. The Hall–Kier alpha value is -3.27. The molecule has 2 heterocycles. The fourth-order valence-corrected chi connectivity index (χ4v) is 5.78. The Bertz CT molecular complexity index is 1360. The minimum absolute atomic E-state index is 0.0134. The van der Waals surface area contributed by atoms with E-state index in [9.17, 15) is 18.0 Å².